The first-order valence-electron chi connectivity index (χ1n) is 9.60. The molecule has 158 valence electrons. The predicted molar refractivity (Wildman–Crippen MR) is 103 cm³/mol. The van der Waals surface area contributed by atoms with Crippen molar-refractivity contribution in [2.24, 2.45) is 0 Å². The van der Waals surface area contributed by atoms with Crippen LogP contribution in [-0.2, 0) is 19.5 Å². The van der Waals surface area contributed by atoms with E-state index in [0.717, 1.165) is 17.7 Å². The Morgan fingerprint density at radius 3 is 2.77 bits per heavy atom. The number of rotatable bonds is 3. The van der Waals surface area contributed by atoms with E-state index in [1.54, 1.807) is 18.2 Å². The quantitative estimate of drug-likeness (QED) is 0.537. The van der Waals surface area contributed by atoms with E-state index in [-0.39, 0.29) is 28.8 Å². The van der Waals surface area contributed by atoms with Crippen LogP contribution in [-0.4, -0.2) is 37.3 Å². The van der Waals surface area contributed by atoms with Crippen molar-refractivity contribution in [2.45, 2.75) is 25.8 Å². The van der Waals surface area contributed by atoms with Gasteiger partial charge in [0, 0.05) is 31.4 Å². The summed E-state index contributed by atoms with van der Waals surface area (Å²) in [7, 11) is 0. The SMILES string of the molecule is Nc1nc2c3c(ccc2c2nc(CCN4Cc5ccc(F)cc5C4)nn12)OC(F)(F)O3. The number of ether oxygens (including phenoxy) is 2. The Kier molecular flexibility index (Phi) is 3.64. The van der Waals surface area contributed by atoms with Crippen LogP contribution in [0.2, 0.25) is 0 Å². The van der Waals surface area contributed by atoms with Crippen LogP contribution in [0.25, 0.3) is 16.6 Å². The predicted octanol–water partition coefficient (Wildman–Crippen LogP) is 2.88. The van der Waals surface area contributed by atoms with Gasteiger partial charge in [-0.1, -0.05) is 6.07 Å². The fourth-order valence-electron chi connectivity index (χ4n) is 4.10. The maximum atomic E-state index is 13.5. The molecule has 0 saturated carbocycles. The first-order valence-corrected chi connectivity index (χ1v) is 9.60. The fourth-order valence-corrected chi connectivity index (χ4v) is 4.10. The molecular weight excluding hydrogens is 413 g/mol. The normalized spacial score (nSPS) is 17.0. The summed E-state index contributed by atoms with van der Waals surface area (Å²) in [5.74, 6) is 0.00147. The molecule has 4 aromatic rings. The van der Waals surface area contributed by atoms with Gasteiger partial charge in [-0.05, 0) is 35.4 Å². The van der Waals surface area contributed by atoms with Gasteiger partial charge in [0.25, 0.3) is 0 Å². The van der Waals surface area contributed by atoms with E-state index in [1.807, 2.05) is 0 Å². The number of halogens is 3. The molecule has 6 rings (SSSR count). The summed E-state index contributed by atoms with van der Waals surface area (Å²) < 4.78 is 50.9. The molecule has 0 bridgehead atoms. The molecule has 0 radical (unpaired) electrons. The van der Waals surface area contributed by atoms with Crippen molar-refractivity contribution in [3.8, 4) is 11.5 Å². The molecule has 0 fully saturated rings. The molecule has 0 aliphatic carbocycles. The highest BCUT2D eigenvalue weighted by molar-refractivity contribution is 5.97. The number of benzene rings is 2. The summed E-state index contributed by atoms with van der Waals surface area (Å²) >= 11 is 0. The molecule has 2 aliphatic heterocycles. The third kappa shape index (κ3) is 2.92. The van der Waals surface area contributed by atoms with Crippen LogP contribution in [0.5, 0.6) is 11.5 Å². The zero-order valence-corrected chi connectivity index (χ0v) is 16.0. The summed E-state index contributed by atoms with van der Waals surface area (Å²) in [6.07, 6.45) is -3.23. The van der Waals surface area contributed by atoms with Crippen molar-refractivity contribution < 1.29 is 22.6 Å². The van der Waals surface area contributed by atoms with Crippen LogP contribution in [0.1, 0.15) is 17.0 Å². The second kappa shape index (κ2) is 6.20. The molecule has 0 amide bonds. The van der Waals surface area contributed by atoms with Crippen LogP contribution in [0.4, 0.5) is 19.1 Å². The van der Waals surface area contributed by atoms with Gasteiger partial charge in [0.05, 0.1) is 0 Å². The highest BCUT2D eigenvalue weighted by Gasteiger charge is 2.45. The lowest BCUT2D eigenvalue weighted by Gasteiger charge is -2.12. The van der Waals surface area contributed by atoms with E-state index in [1.165, 1.54) is 16.6 Å². The van der Waals surface area contributed by atoms with Gasteiger partial charge in [-0.3, -0.25) is 4.90 Å². The average molecular weight is 428 g/mol. The molecule has 2 aromatic heterocycles. The lowest BCUT2D eigenvalue weighted by atomic mass is 10.1. The monoisotopic (exact) mass is 428 g/mol. The summed E-state index contributed by atoms with van der Waals surface area (Å²) in [5.41, 5.74) is 8.63. The average Bonchev–Trinajstić information content (AvgIpc) is 3.39. The lowest BCUT2D eigenvalue weighted by molar-refractivity contribution is -0.286. The van der Waals surface area contributed by atoms with Gasteiger partial charge in [0.15, 0.2) is 23.0 Å². The molecule has 11 heteroatoms. The third-order valence-corrected chi connectivity index (χ3v) is 5.49. The van der Waals surface area contributed by atoms with Gasteiger partial charge < -0.3 is 15.2 Å². The molecule has 8 nitrogen and oxygen atoms in total. The number of hydrogen-bond acceptors (Lipinski definition) is 7. The van der Waals surface area contributed by atoms with E-state index >= 15 is 0 Å². The van der Waals surface area contributed by atoms with Crippen LogP contribution in [0.15, 0.2) is 30.3 Å². The Morgan fingerprint density at radius 1 is 1.06 bits per heavy atom. The molecular formula is C20H15F3N6O2. The van der Waals surface area contributed by atoms with Gasteiger partial charge in [-0.2, -0.15) is 4.52 Å². The minimum absolute atomic E-state index is 0.00230. The van der Waals surface area contributed by atoms with E-state index < -0.39 is 6.29 Å². The summed E-state index contributed by atoms with van der Waals surface area (Å²) in [5, 5.41) is 4.89. The summed E-state index contributed by atoms with van der Waals surface area (Å²) in [6.45, 7) is 2.05. The Morgan fingerprint density at radius 2 is 1.90 bits per heavy atom. The second-order valence-corrected chi connectivity index (χ2v) is 7.56. The largest absolute Gasteiger partial charge is 0.586 e. The smallest absolute Gasteiger partial charge is 0.395 e. The van der Waals surface area contributed by atoms with Crippen molar-refractivity contribution >= 4 is 22.5 Å². The third-order valence-electron chi connectivity index (χ3n) is 5.49. The molecule has 0 atom stereocenters. The van der Waals surface area contributed by atoms with Crippen molar-refractivity contribution in [2.75, 3.05) is 12.3 Å². The number of nitrogens with zero attached hydrogens (tertiary/aromatic N) is 5. The fraction of sp³-hybridized carbons (Fsp3) is 0.250. The number of hydrogen-bond donors (Lipinski definition) is 1. The van der Waals surface area contributed by atoms with Crippen LogP contribution in [0.3, 0.4) is 0 Å². The Labute approximate surface area is 173 Å². The van der Waals surface area contributed by atoms with Crippen molar-refractivity contribution in [3.63, 3.8) is 0 Å². The standard InChI is InChI=1S/C20H15F3N6O2/c21-12-2-1-10-8-28(9-11(10)7-12)6-5-15-25-18-13-3-4-14-17(31-20(22,23)30-14)16(13)26-19(24)29(18)27-15/h1-4,7H,5-6,8-9H2,(H2,24,26). The number of nitrogens with two attached hydrogens (primary N) is 1. The Balaban J connectivity index is 1.30. The first-order chi connectivity index (χ1) is 14.9. The zero-order chi connectivity index (χ0) is 21.3. The molecule has 2 aromatic carbocycles. The second-order valence-electron chi connectivity index (χ2n) is 7.56. The maximum absolute atomic E-state index is 13.5. The molecule has 4 heterocycles. The zero-order valence-electron chi connectivity index (χ0n) is 16.0. The topological polar surface area (TPSA) is 90.8 Å². The van der Waals surface area contributed by atoms with Crippen LogP contribution in [0, 0.1) is 5.82 Å². The van der Waals surface area contributed by atoms with Crippen LogP contribution < -0.4 is 15.2 Å². The molecule has 0 unspecified atom stereocenters. The van der Waals surface area contributed by atoms with E-state index in [4.69, 9.17) is 5.73 Å². The molecule has 0 saturated heterocycles. The van der Waals surface area contributed by atoms with Crippen molar-refractivity contribution in [1.29, 1.82) is 0 Å². The highest BCUT2D eigenvalue weighted by Crippen LogP contribution is 2.45. The highest BCUT2D eigenvalue weighted by atomic mass is 19.3. The number of nitrogen functional groups attached to an aromatic ring is 1. The van der Waals surface area contributed by atoms with Gasteiger partial charge >= 0.3 is 6.29 Å². The van der Waals surface area contributed by atoms with Gasteiger partial charge in [-0.25, -0.2) is 14.4 Å². The number of fused-ring (bicyclic) bond motifs is 6. The lowest BCUT2D eigenvalue weighted by Crippen LogP contribution is -2.26. The van der Waals surface area contributed by atoms with E-state index in [2.05, 4.69) is 29.4 Å². The Bertz CT molecular complexity index is 1370. The minimum atomic E-state index is -3.76. The molecule has 0 spiro atoms. The van der Waals surface area contributed by atoms with Gasteiger partial charge in [0.1, 0.15) is 11.3 Å². The minimum Gasteiger partial charge on any atom is -0.395 e. The maximum Gasteiger partial charge on any atom is 0.586 e. The number of alkyl halides is 2. The van der Waals surface area contributed by atoms with E-state index in [9.17, 15) is 13.2 Å². The van der Waals surface area contributed by atoms with Gasteiger partial charge in [0.2, 0.25) is 5.95 Å². The Hall–Kier alpha value is -3.60. The summed E-state index contributed by atoms with van der Waals surface area (Å²) in [6, 6.07) is 7.79. The number of anilines is 1. The van der Waals surface area contributed by atoms with Gasteiger partial charge in [-0.15, -0.1) is 13.9 Å². The summed E-state index contributed by atoms with van der Waals surface area (Å²) in [4.78, 5) is 10.9. The van der Waals surface area contributed by atoms with Crippen LogP contribution >= 0.6 is 0 Å². The molecule has 31 heavy (non-hydrogen) atoms. The van der Waals surface area contributed by atoms with Crippen molar-refractivity contribution in [1.82, 2.24) is 24.5 Å². The van der Waals surface area contributed by atoms with Crippen molar-refractivity contribution in [3.05, 3.63) is 53.1 Å². The molecule has 2 aliphatic rings. The van der Waals surface area contributed by atoms with E-state index in [0.29, 0.717) is 36.4 Å². The number of aromatic nitrogens is 4. The molecule has 2 N–H and O–H groups in total. The first kappa shape index (κ1) is 18.2.